The van der Waals surface area contributed by atoms with Crippen molar-refractivity contribution in [3.63, 3.8) is 0 Å². The van der Waals surface area contributed by atoms with E-state index in [4.69, 9.17) is 14.0 Å². The molecule has 1 saturated carbocycles. The molecule has 1 aromatic rings. The molecule has 0 spiro atoms. The van der Waals surface area contributed by atoms with Crippen LogP contribution in [0.2, 0.25) is 0 Å². The Balaban J connectivity index is 1.74. The summed E-state index contributed by atoms with van der Waals surface area (Å²) in [6.45, 7) is -0.0668. The Morgan fingerprint density at radius 3 is 2.66 bits per heavy atom. The quantitative estimate of drug-likeness (QED) is 0.283. The van der Waals surface area contributed by atoms with Crippen LogP contribution >= 0.6 is 18.1 Å². The van der Waals surface area contributed by atoms with E-state index in [1.165, 1.54) is 6.92 Å². The predicted octanol–water partition coefficient (Wildman–Crippen LogP) is 2.11. The highest BCUT2D eigenvalue weighted by Crippen LogP contribution is 2.61. The number of carbonyl (C=O) groups excluding carboxylic acids is 1. The molecule has 14 heteroatoms. The number of carbonyl (C=O) groups is 1. The molecule has 3 rings (SSSR count). The van der Waals surface area contributed by atoms with E-state index in [0.29, 0.717) is 0 Å². The minimum atomic E-state index is -3.67. The van der Waals surface area contributed by atoms with Gasteiger partial charge in [-0.3, -0.25) is 28.1 Å². The number of hydrogen-bond donors (Lipinski definition) is 3. The maximum atomic E-state index is 13.8. The van der Waals surface area contributed by atoms with Crippen LogP contribution in [0.15, 0.2) is 21.9 Å². The third-order valence-electron chi connectivity index (χ3n) is 5.88. The molecule has 1 aromatic heterocycles. The van der Waals surface area contributed by atoms with Gasteiger partial charge in [0.2, 0.25) is 0 Å². The molecular formula is C21H33FN3O8PS. The van der Waals surface area contributed by atoms with Crippen molar-refractivity contribution in [2.45, 2.75) is 82.3 Å². The SMILES string of the molecule is CC(C)OC(=O)[C@H](C)N[P@@](=O)(OC[C@H]1O[C@@H](n2ccc(=O)[nH]c2=O)[C@H](O)[C@@H]1CF)SC1CCCC1. The summed E-state index contributed by atoms with van der Waals surface area (Å²) in [5, 5.41) is 13.4. The van der Waals surface area contributed by atoms with E-state index in [1.54, 1.807) is 13.8 Å². The number of hydrogen-bond acceptors (Lipinski definition) is 9. The van der Waals surface area contributed by atoms with Gasteiger partial charge in [0, 0.05) is 23.4 Å². The summed E-state index contributed by atoms with van der Waals surface area (Å²) in [6, 6.07) is 0.163. The summed E-state index contributed by atoms with van der Waals surface area (Å²) >= 11 is 1.12. The van der Waals surface area contributed by atoms with Crippen molar-refractivity contribution in [2.24, 2.45) is 5.92 Å². The molecule has 11 nitrogen and oxygen atoms in total. The van der Waals surface area contributed by atoms with Crippen LogP contribution in [0.4, 0.5) is 4.39 Å². The summed E-state index contributed by atoms with van der Waals surface area (Å²) in [6.07, 6.45) is 0.812. The van der Waals surface area contributed by atoms with Crippen molar-refractivity contribution in [1.29, 1.82) is 0 Å². The lowest BCUT2D eigenvalue weighted by molar-refractivity contribution is -0.149. The van der Waals surface area contributed by atoms with Crippen LogP contribution in [0.5, 0.6) is 0 Å². The van der Waals surface area contributed by atoms with Crippen LogP contribution in [0.1, 0.15) is 52.7 Å². The van der Waals surface area contributed by atoms with Gasteiger partial charge in [-0.05, 0) is 33.6 Å². The number of aromatic amines is 1. The van der Waals surface area contributed by atoms with Crippen molar-refractivity contribution < 1.29 is 32.9 Å². The smallest absolute Gasteiger partial charge is 0.330 e. The number of rotatable bonds is 11. The molecular weight excluding hydrogens is 504 g/mol. The molecule has 35 heavy (non-hydrogen) atoms. The molecule has 0 aromatic carbocycles. The molecule has 2 fully saturated rings. The molecule has 0 unspecified atom stereocenters. The number of nitrogens with one attached hydrogen (secondary N) is 2. The first kappa shape index (κ1) is 28.1. The van der Waals surface area contributed by atoms with Crippen LogP contribution in [0, 0.1) is 5.92 Å². The molecule has 1 saturated heterocycles. The van der Waals surface area contributed by atoms with Crippen LogP contribution in [-0.4, -0.2) is 63.5 Å². The van der Waals surface area contributed by atoms with Gasteiger partial charge >= 0.3 is 18.4 Å². The van der Waals surface area contributed by atoms with Gasteiger partial charge in [-0.2, -0.15) is 0 Å². The predicted molar refractivity (Wildman–Crippen MR) is 128 cm³/mol. The van der Waals surface area contributed by atoms with Gasteiger partial charge in [0.15, 0.2) is 6.23 Å². The van der Waals surface area contributed by atoms with Crippen LogP contribution < -0.4 is 16.3 Å². The zero-order chi connectivity index (χ0) is 25.8. The third kappa shape index (κ3) is 7.27. The molecule has 6 atom stereocenters. The largest absolute Gasteiger partial charge is 0.462 e. The number of esters is 1. The molecule has 2 aliphatic rings. The second-order valence-electron chi connectivity index (χ2n) is 9.03. The fourth-order valence-electron chi connectivity index (χ4n) is 4.09. The number of nitrogens with zero attached hydrogens (tertiary/aromatic N) is 1. The van der Waals surface area contributed by atoms with Crippen molar-refractivity contribution >= 4 is 24.1 Å². The Hall–Kier alpha value is -1.50. The fraction of sp³-hybridized carbons (Fsp3) is 0.762. The highest BCUT2D eigenvalue weighted by atomic mass is 32.7. The number of aromatic nitrogens is 2. The van der Waals surface area contributed by atoms with Crippen molar-refractivity contribution in [1.82, 2.24) is 14.6 Å². The minimum Gasteiger partial charge on any atom is -0.462 e. The summed E-state index contributed by atoms with van der Waals surface area (Å²) < 4.78 is 45.3. The maximum Gasteiger partial charge on any atom is 0.330 e. The molecule has 0 bridgehead atoms. The molecule has 0 radical (unpaired) electrons. The van der Waals surface area contributed by atoms with Gasteiger partial charge in [-0.15, -0.1) is 0 Å². The van der Waals surface area contributed by atoms with E-state index in [2.05, 4.69) is 10.1 Å². The summed E-state index contributed by atoms with van der Waals surface area (Å²) in [4.78, 5) is 37.8. The van der Waals surface area contributed by atoms with E-state index in [-0.39, 0.29) is 18.0 Å². The topological polar surface area (TPSA) is 149 Å². The highest BCUT2D eigenvalue weighted by Gasteiger charge is 2.46. The number of ether oxygens (including phenoxy) is 2. The Bertz CT molecular complexity index is 1030. The first-order chi connectivity index (χ1) is 16.5. The minimum absolute atomic E-state index is 0.0705. The summed E-state index contributed by atoms with van der Waals surface area (Å²) in [7, 11) is 0. The maximum absolute atomic E-state index is 13.8. The number of halogens is 1. The first-order valence-electron chi connectivity index (χ1n) is 11.6. The van der Waals surface area contributed by atoms with Crippen molar-refractivity contribution in [3.8, 4) is 0 Å². The number of H-pyrrole nitrogens is 1. The van der Waals surface area contributed by atoms with E-state index in [0.717, 1.165) is 53.9 Å². The monoisotopic (exact) mass is 537 g/mol. The lowest BCUT2D eigenvalue weighted by Gasteiger charge is -2.26. The van der Waals surface area contributed by atoms with Gasteiger partial charge in [-0.25, -0.2) is 9.88 Å². The normalized spacial score (nSPS) is 27.7. The average Bonchev–Trinajstić information content (AvgIpc) is 3.39. The molecule has 1 aliphatic heterocycles. The van der Waals surface area contributed by atoms with Gasteiger partial charge in [0.05, 0.1) is 25.5 Å². The lowest BCUT2D eigenvalue weighted by Crippen LogP contribution is -2.36. The van der Waals surface area contributed by atoms with Gasteiger partial charge in [-0.1, -0.05) is 24.2 Å². The fourth-order valence-corrected chi connectivity index (χ4v) is 8.98. The first-order valence-corrected chi connectivity index (χ1v) is 14.8. The van der Waals surface area contributed by atoms with Gasteiger partial charge < -0.3 is 19.1 Å². The summed E-state index contributed by atoms with van der Waals surface area (Å²) in [5.41, 5.74) is -1.44. The Kier molecular flexibility index (Phi) is 9.75. The molecule has 1 aliphatic carbocycles. The van der Waals surface area contributed by atoms with E-state index < -0.39 is 61.0 Å². The van der Waals surface area contributed by atoms with Crippen LogP contribution in [0.25, 0.3) is 0 Å². The standard InChI is InChI=1S/C21H33FN3O8PS/c1-12(2)32-20(28)13(3)24-34(30,35-14-6-4-5-7-14)31-11-16-15(10-22)18(27)19(33-16)25-9-8-17(26)23-21(25)29/h8-9,12-16,18-19,27H,4-7,10-11H2,1-3H3,(H,24,30)(H,23,26,29)/t13-,15+,16+,18+,19+,34+/m0/s1. The van der Waals surface area contributed by atoms with E-state index in [9.17, 15) is 28.4 Å². The zero-order valence-electron chi connectivity index (χ0n) is 19.9. The summed E-state index contributed by atoms with van der Waals surface area (Å²) in [5.74, 6) is -1.64. The van der Waals surface area contributed by atoms with E-state index in [1.807, 2.05) is 0 Å². The van der Waals surface area contributed by atoms with Crippen molar-refractivity contribution in [3.05, 3.63) is 33.1 Å². The lowest BCUT2D eigenvalue weighted by atomic mass is 10.00. The molecule has 198 valence electrons. The molecule has 2 heterocycles. The zero-order valence-corrected chi connectivity index (χ0v) is 21.6. The van der Waals surface area contributed by atoms with Crippen molar-refractivity contribution in [2.75, 3.05) is 13.3 Å². The Morgan fingerprint density at radius 2 is 2.06 bits per heavy atom. The van der Waals surface area contributed by atoms with Crippen LogP contribution in [-0.2, 0) is 23.4 Å². The average molecular weight is 538 g/mol. The Morgan fingerprint density at radius 1 is 1.37 bits per heavy atom. The number of aliphatic hydroxyl groups excluding tert-OH is 1. The molecule has 0 amide bonds. The molecule has 3 N–H and O–H groups in total. The highest BCUT2D eigenvalue weighted by molar-refractivity contribution is 8.56. The second-order valence-corrected chi connectivity index (χ2v) is 13.5. The van der Waals surface area contributed by atoms with Gasteiger partial charge in [0.25, 0.3) is 5.56 Å². The van der Waals surface area contributed by atoms with E-state index >= 15 is 0 Å². The third-order valence-corrected chi connectivity index (χ3v) is 10.5. The number of aliphatic hydroxyl groups is 1. The van der Waals surface area contributed by atoms with Gasteiger partial charge in [0.1, 0.15) is 12.1 Å². The Labute approximate surface area is 206 Å². The van der Waals surface area contributed by atoms with Crippen LogP contribution in [0.3, 0.4) is 0 Å². The number of alkyl halides is 1. The second kappa shape index (κ2) is 12.2.